The third-order valence-electron chi connectivity index (χ3n) is 3.99. The van der Waals surface area contributed by atoms with Crippen LogP contribution in [0.4, 0.5) is 0 Å². The van der Waals surface area contributed by atoms with Gasteiger partial charge in [0.25, 0.3) is 0 Å². The van der Waals surface area contributed by atoms with Gasteiger partial charge in [0, 0.05) is 24.0 Å². The monoisotopic (exact) mass is 300 g/mol. The number of fused-ring (bicyclic) bond motifs is 1. The number of ketones is 2. The number of benzene rings is 1. The second-order valence-corrected chi connectivity index (χ2v) is 6.29. The van der Waals surface area contributed by atoms with Gasteiger partial charge in [0.2, 0.25) is 0 Å². The Morgan fingerprint density at radius 1 is 1.24 bits per heavy atom. The van der Waals surface area contributed by atoms with Crippen LogP contribution in [-0.4, -0.2) is 16.7 Å². The number of thiophene rings is 1. The maximum absolute atomic E-state index is 12.2. The topological polar surface area (TPSA) is 54.4 Å². The first-order chi connectivity index (χ1) is 10.1. The van der Waals surface area contributed by atoms with E-state index in [4.69, 9.17) is 0 Å². The van der Waals surface area contributed by atoms with Crippen molar-refractivity contribution in [3.05, 3.63) is 46.5 Å². The van der Waals surface area contributed by atoms with Crippen LogP contribution in [0.1, 0.15) is 37.7 Å². The summed E-state index contributed by atoms with van der Waals surface area (Å²) < 4.78 is 1.21. The van der Waals surface area contributed by atoms with E-state index in [9.17, 15) is 14.7 Å². The van der Waals surface area contributed by atoms with Crippen LogP contribution in [0.3, 0.4) is 0 Å². The van der Waals surface area contributed by atoms with Gasteiger partial charge >= 0.3 is 0 Å². The molecule has 1 aromatic heterocycles. The number of hydrogen-bond acceptors (Lipinski definition) is 4. The molecule has 108 valence electrons. The molecule has 0 saturated heterocycles. The van der Waals surface area contributed by atoms with E-state index in [0.717, 1.165) is 10.9 Å². The van der Waals surface area contributed by atoms with E-state index < -0.39 is 0 Å². The molecule has 0 unspecified atom stereocenters. The molecule has 21 heavy (non-hydrogen) atoms. The van der Waals surface area contributed by atoms with E-state index in [1.165, 1.54) is 4.70 Å². The fraction of sp³-hybridized carbons (Fsp3) is 0.294. The van der Waals surface area contributed by atoms with Crippen LogP contribution < -0.4 is 0 Å². The molecule has 0 atom stereocenters. The van der Waals surface area contributed by atoms with E-state index in [1.807, 2.05) is 23.6 Å². The zero-order valence-corrected chi connectivity index (χ0v) is 12.6. The molecule has 1 saturated carbocycles. The highest BCUT2D eigenvalue weighted by molar-refractivity contribution is 7.17. The fourth-order valence-electron chi connectivity index (χ4n) is 2.85. The number of Topliss-reactive ketones (excluding diaryl/α,β-unsaturated/α-hetero) is 2. The molecule has 1 aromatic carbocycles. The van der Waals surface area contributed by atoms with Crippen molar-refractivity contribution in [3.8, 4) is 0 Å². The molecule has 3 rings (SSSR count). The Bertz CT molecular complexity index is 734. The van der Waals surface area contributed by atoms with Crippen LogP contribution in [-0.2, 0) is 9.59 Å². The Kier molecular flexibility index (Phi) is 3.64. The van der Waals surface area contributed by atoms with Crippen LogP contribution in [0.5, 0.6) is 0 Å². The molecule has 0 spiro atoms. The molecule has 0 bridgehead atoms. The lowest BCUT2D eigenvalue weighted by Gasteiger charge is -2.23. The van der Waals surface area contributed by atoms with E-state index in [-0.39, 0.29) is 28.8 Å². The number of carbonyl (C=O) groups excluding carboxylic acids is 2. The highest BCUT2D eigenvalue weighted by atomic mass is 32.1. The van der Waals surface area contributed by atoms with Gasteiger partial charge in [-0.05, 0) is 34.4 Å². The number of allylic oxidation sites excluding steroid dienone is 2. The summed E-state index contributed by atoms with van der Waals surface area (Å²) in [4.78, 5) is 24.3. The maximum Gasteiger partial charge on any atom is 0.170 e. The van der Waals surface area contributed by atoms with Gasteiger partial charge in [-0.1, -0.05) is 19.1 Å². The molecular formula is C17H16O3S. The number of aliphatic hydroxyl groups excluding tert-OH is 1. The van der Waals surface area contributed by atoms with Crippen molar-refractivity contribution in [2.24, 2.45) is 0 Å². The third-order valence-corrected chi connectivity index (χ3v) is 4.89. The summed E-state index contributed by atoms with van der Waals surface area (Å²) in [7, 11) is 0. The molecule has 3 nitrogen and oxygen atoms in total. The molecule has 2 aromatic rings. The first kappa shape index (κ1) is 14.0. The zero-order valence-electron chi connectivity index (χ0n) is 11.8. The van der Waals surface area contributed by atoms with Crippen LogP contribution in [0.2, 0.25) is 0 Å². The zero-order chi connectivity index (χ0) is 15.0. The van der Waals surface area contributed by atoms with E-state index >= 15 is 0 Å². The Hall–Kier alpha value is -1.94. The molecular weight excluding hydrogens is 284 g/mol. The minimum atomic E-state index is -0.235. The van der Waals surface area contributed by atoms with Crippen molar-refractivity contribution in [2.75, 3.05) is 0 Å². The molecule has 1 fully saturated rings. The summed E-state index contributed by atoms with van der Waals surface area (Å²) in [5.74, 6) is -0.624. The summed E-state index contributed by atoms with van der Waals surface area (Å²) in [6.07, 6.45) is 0.903. The van der Waals surface area contributed by atoms with Gasteiger partial charge in [-0.15, -0.1) is 11.3 Å². The Balaban J connectivity index is 1.92. The smallest absolute Gasteiger partial charge is 0.170 e. The van der Waals surface area contributed by atoms with Gasteiger partial charge in [0.15, 0.2) is 11.6 Å². The SMILES string of the molecule is CCC(O)=C1C(=O)CC(c2ccc3sccc3c2)CC1=O. The van der Waals surface area contributed by atoms with Gasteiger partial charge in [0.1, 0.15) is 5.76 Å². The molecule has 1 heterocycles. The maximum atomic E-state index is 12.2. The quantitative estimate of drug-likeness (QED) is 0.515. The van der Waals surface area contributed by atoms with Crippen molar-refractivity contribution in [2.45, 2.75) is 32.1 Å². The van der Waals surface area contributed by atoms with Crippen molar-refractivity contribution < 1.29 is 14.7 Å². The lowest BCUT2D eigenvalue weighted by atomic mass is 9.79. The molecule has 1 aliphatic carbocycles. The molecule has 1 aliphatic rings. The van der Waals surface area contributed by atoms with Crippen molar-refractivity contribution in [3.63, 3.8) is 0 Å². The summed E-state index contributed by atoms with van der Waals surface area (Å²) in [6, 6.07) is 8.15. The first-order valence-electron chi connectivity index (χ1n) is 7.05. The second-order valence-electron chi connectivity index (χ2n) is 5.34. The lowest BCUT2D eigenvalue weighted by Crippen LogP contribution is -2.26. The molecule has 1 N–H and O–H groups in total. The summed E-state index contributed by atoms with van der Waals surface area (Å²) >= 11 is 1.68. The molecule has 4 heteroatoms. The predicted molar refractivity (Wildman–Crippen MR) is 83.8 cm³/mol. The number of carbonyl (C=O) groups is 2. The van der Waals surface area contributed by atoms with Crippen LogP contribution in [0.15, 0.2) is 41.0 Å². The highest BCUT2D eigenvalue weighted by Crippen LogP contribution is 2.34. The average molecular weight is 300 g/mol. The minimum absolute atomic E-state index is 0.0189. The Morgan fingerprint density at radius 2 is 1.95 bits per heavy atom. The van der Waals surface area contributed by atoms with Gasteiger partial charge in [0.05, 0.1) is 5.57 Å². The average Bonchev–Trinajstić information content (AvgIpc) is 2.93. The van der Waals surface area contributed by atoms with Gasteiger partial charge < -0.3 is 5.11 Å². The van der Waals surface area contributed by atoms with Crippen LogP contribution in [0, 0.1) is 0 Å². The summed E-state index contributed by atoms with van der Waals surface area (Å²) in [6.45, 7) is 1.74. The predicted octanol–water partition coefficient (Wildman–Crippen LogP) is 4.14. The largest absolute Gasteiger partial charge is 0.511 e. The van der Waals surface area contributed by atoms with E-state index in [2.05, 4.69) is 6.07 Å². The Labute approximate surface area is 126 Å². The van der Waals surface area contributed by atoms with Crippen molar-refractivity contribution >= 4 is 33.0 Å². The van der Waals surface area contributed by atoms with Gasteiger partial charge in [-0.2, -0.15) is 0 Å². The summed E-state index contributed by atoms with van der Waals surface area (Å²) in [5, 5.41) is 12.9. The van der Waals surface area contributed by atoms with Crippen molar-refractivity contribution in [1.82, 2.24) is 0 Å². The number of hydrogen-bond donors (Lipinski definition) is 1. The highest BCUT2D eigenvalue weighted by Gasteiger charge is 2.33. The third kappa shape index (κ3) is 2.51. The standard InChI is InChI=1S/C17H16O3S/c1-2-13(18)17-14(19)8-12(9-15(17)20)10-3-4-16-11(7-10)5-6-21-16/h3-7,12,18H,2,8-9H2,1H3. The van der Waals surface area contributed by atoms with Crippen molar-refractivity contribution in [1.29, 1.82) is 0 Å². The first-order valence-corrected chi connectivity index (χ1v) is 7.93. The van der Waals surface area contributed by atoms with E-state index in [0.29, 0.717) is 19.3 Å². The molecule has 0 amide bonds. The van der Waals surface area contributed by atoms with Gasteiger partial charge in [-0.3, -0.25) is 9.59 Å². The second kappa shape index (κ2) is 5.45. The van der Waals surface area contributed by atoms with E-state index in [1.54, 1.807) is 18.3 Å². The van der Waals surface area contributed by atoms with Gasteiger partial charge in [-0.25, -0.2) is 0 Å². The number of rotatable bonds is 2. The Morgan fingerprint density at radius 3 is 2.62 bits per heavy atom. The van der Waals surface area contributed by atoms with Crippen LogP contribution >= 0.6 is 11.3 Å². The fourth-order valence-corrected chi connectivity index (χ4v) is 3.62. The normalized spacial score (nSPS) is 19.3. The minimum Gasteiger partial charge on any atom is -0.511 e. The lowest BCUT2D eigenvalue weighted by molar-refractivity contribution is -0.124. The van der Waals surface area contributed by atoms with Crippen LogP contribution in [0.25, 0.3) is 10.1 Å². The molecule has 0 aliphatic heterocycles. The number of aliphatic hydroxyl groups is 1. The summed E-state index contributed by atoms with van der Waals surface area (Å²) in [5.41, 5.74) is 1.04. The molecule has 0 radical (unpaired) electrons.